The molecule has 2 aromatic rings. The molecule has 1 heterocycles. The van der Waals surface area contributed by atoms with Crippen LogP contribution in [-0.4, -0.2) is 20.2 Å². The summed E-state index contributed by atoms with van der Waals surface area (Å²) in [7, 11) is 0. The van der Waals surface area contributed by atoms with Gasteiger partial charge in [-0.25, -0.2) is 0 Å². The Balaban J connectivity index is 2.68. The normalized spacial score (nSPS) is 11.3. The molecule has 0 bridgehead atoms. The quantitative estimate of drug-likeness (QED) is 0.409. The lowest BCUT2D eigenvalue weighted by atomic mass is 10.2. The SMILES string of the molecule is OC(O)c1ccc2[nH]c(=S)[nH]c2c1. The summed E-state index contributed by atoms with van der Waals surface area (Å²) in [5, 5.41) is 17.8. The number of hydrogen-bond donors (Lipinski definition) is 4. The fraction of sp³-hybridized carbons (Fsp3) is 0.125. The largest absolute Gasteiger partial charge is 0.364 e. The standard InChI is InChI=1S/C8H8N2O2S/c11-7(12)4-1-2-5-6(3-4)10-8(13)9-5/h1-3,7,11-12H,(H2,9,10,13). The van der Waals surface area contributed by atoms with Crippen LogP contribution in [0.15, 0.2) is 18.2 Å². The highest BCUT2D eigenvalue weighted by Gasteiger charge is 2.03. The van der Waals surface area contributed by atoms with Crippen LogP contribution in [0, 0.1) is 4.77 Å². The maximum atomic E-state index is 8.90. The Bertz CT molecular complexity index is 486. The third-order valence-electron chi connectivity index (χ3n) is 1.84. The van der Waals surface area contributed by atoms with Gasteiger partial charge in [0.25, 0.3) is 0 Å². The van der Waals surface area contributed by atoms with Crippen LogP contribution in [-0.2, 0) is 0 Å². The van der Waals surface area contributed by atoms with E-state index < -0.39 is 6.29 Å². The Hall–Kier alpha value is -1.17. The molecule has 4 N–H and O–H groups in total. The molecule has 68 valence electrons. The van der Waals surface area contributed by atoms with Gasteiger partial charge in [-0.3, -0.25) is 0 Å². The van der Waals surface area contributed by atoms with E-state index in [0.29, 0.717) is 10.3 Å². The second-order valence-corrected chi connectivity index (χ2v) is 3.17. The first-order valence-corrected chi connectivity index (χ1v) is 4.16. The van der Waals surface area contributed by atoms with Crippen molar-refractivity contribution in [1.82, 2.24) is 9.97 Å². The van der Waals surface area contributed by atoms with E-state index in [1.165, 1.54) is 0 Å². The molecule has 0 amide bonds. The monoisotopic (exact) mass is 196 g/mol. The van der Waals surface area contributed by atoms with Crippen LogP contribution in [0.1, 0.15) is 11.9 Å². The fourth-order valence-corrected chi connectivity index (χ4v) is 1.43. The summed E-state index contributed by atoms with van der Waals surface area (Å²) in [5.74, 6) is 0. The number of aliphatic hydroxyl groups excluding tert-OH is 1. The van der Waals surface area contributed by atoms with Crippen molar-refractivity contribution in [2.24, 2.45) is 0 Å². The van der Waals surface area contributed by atoms with Gasteiger partial charge in [0.2, 0.25) is 0 Å². The Kier molecular flexibility index (Phi) is 1.91. The predicted octanol–water partition coefficient (Wildman–Crippen LogP) is 1.21. The molecule has 0 fully saturated rings. The van der Waals surface area contributed by atoms with Crippen LogP contribution in [0.2, 0.25) is 0 Å². The third-order valence-corrected chi connectivity index (χ3v) is 2.04. The molecule has 1 aromatic heterocycles. The first-order chi connectivity index (χ1) is 6.16. The summed E-state index contributed by atoms with van der Waals surface area (Å²) in [5.41, 5.74) is 2.07. The van der Waals surface area contributed by atoms with Crippen LogP contribution < -0.4 is 0 Å². The minimum Gasteiger partial charge on any atom is -0.364 e. The van der Waals surface area contributed by atoms with E-state index in [9.17, 15) is 0 Å². The van der Waals surface area contributed by atoms with Gasteiger partial charge in [-0.1, -0.05) is 6.07 Å². The number of aliphatic hydroxyl groups is 2. The zero-order valence-electron chi connectivity index (χ0n) is 6.61. The molecule has 0 aliphatic rings. The maximum absolute atomic E-state index is 8.90. The van der Waals surface area contributed by atoms with Gasteiger partial charge in [0.1, 0.15) is 0 Å². The van der Waals surface area contributed by atoms with Gasteiger partial charge in [0.05, 0.1) is 11.0 Å². The van der Waals surface area contributed by atoms with Gasteiger partial charge in [-0.05, 0) is 24.4 Å². The molecule has 13 heavy (non-hydrogen) atoms. The number of nitrogens with one attached hydrogen (secondary N) is 2. The van der Waals surface area contributed by atoms with Crippen LogP contribution >= 0.6 is 12.2 Å². The smallest absolute Gasteiger partial charge is 0.178 e. The molecular formula is C8H8N2O2S. The van der Waals surface area contributed by atoms with Crippen LogP contribution in [0.25, 0.3) is 11.0 Å². The first-order valence-electron chi connectivity index (χ1n) is 3.75. The predicted molar refractivity (Wildman–Crippen MR) is 50.7 cm³/mol. The second-order valence-electron chi connectivity index (χ2n) is 2.76. The molecule has 0 saturated heterocycles. The zero-order valence-corrected chi connectivity index (χ0v) is 7.43. The Labute approximate surface area is 78.9 Å². The van der Waals surface area contributed by atoms with Crippen molar-refractivity contribution in [2.75, 3.05) is 0 Å². The molecule has 0 radical (unpaired) electrons. The molecule has 0 atom stereocenters. The van der Waals surface area contributed by atoms with E-state index in [4.69, 9.17) is 22.4 Å². The third kappa shape index (κ3) is 1.49. The van der Waals surface area contributed by atoms with Crippen molar-refractivity contribution in [1.29, 1.82) is 0 Å². The topological polar surface area (TPSA) is 72.0 Å². The highest BCUT2D eigenvalue weighted by atomic mass is 32.1. The zero-order chi connectivity index (χ0) is 9.42. The van der Waals surface area contributed by atoms with Gasteiger partial charge in [0, 0.05) is 5.56 Å². The molecule has 0 aliphatic heterocycles. The number of imidazole rings is 1. The van der Waals surface area contributed by atoms with Crippen molar-refractivity contribution >= 4 is 23.3 Å². The molecule has 1 aromatic carbocycles. The van der Waals surface area contributed by atoms with Crippen LogP contribution in [0.4, 0.5) is 0 Å². The number of H-pyrrole nitrogens is 2. The second kappa shape index (κ2) is 2.95. The van der Waals surface area contributed by atoms with Crippen molar-refractivity contribution < 1.29 is 10.2 Å². The molecule has 0 saturated carbocycles. The first kappa shape index (κ1) is 8.43. The van der Waals surface area contributed by atoms with Gasteiger partial charge in [-0.2, -0.15) is 0 Å². The summed E-state index contributed by atoms with van der Waals surface area (Å²) < 4.78 is 0.527. The minimum absolute atomic E-state index is 0.442. The average molecular weight is 196 g/mol. The Morgan fingerprint density at radius 1 is 1.15 bits per heavy atom. The summed E-state index contributed by atoms with van der Waals surface area (Å²) in [6.45, 7) is 0. The van der Waals surface area contributed by atoms with E-state index >= 15 is 0 Å². The number of rotatable bonds is 1. The highest BCUT2D eigenvalue weighted by molar-refractivity contribution is 7.71. The molecule has 0 spiro atoms. The number of hydrogen-bond acceptors (Lipinski definition) is 3. The van der Waals surface area contributed by atoms with Gasteiger partial charge >= 0.3 is 0 Å². The number of aromatic amines is 2. The summed E-state index contributed by atoms with van der Waals surface area (Å²) in [6, 6.07) is 5.02. The van der Waals surface area contributed by atoms with Gasteiger partial charge in [0.15, 0.2) is 11.1 Å². The molecule has 2 rings (SSSR count). The average Bonchev–Trinajstić information content (AvgIpc) is 2.42. The Morgan fingerprint density at radius 2 is 1.85 bits per heavy atom. The summed E-state index contributed by atoms with van der Waals surface area (Å²) >= 11 is 4.89. The minimum atomic E-state index is -1.44. The maximum Gasteiger partial charge on any atom is 0.178 e. The molecule has 4 nitrogen and oxygen atoms in total. The van der Waals surface area contributed by atoms with Crippen molar-refractivity contribution in [3.63, 3.8) is 0 Å². The number of fused-ring (bicyclic) bond motifs is 1. The molecule has 0 unspecified atom stereocenters. The van der Waals surface area contributed by atoms with Crippen molar-refractivity contribution in [3.05, 3.63) is 28.5 Å². The van der Waals surface area contributed by atoms with E-state index in [0.717, 1.165) is 11.0 Å². The number of benzene rings is 1. The van der Waals surface area contributed by atoms with Crippen LogP contribution in [0.3, 0.4) is 0 Å². The van der Waals surface area contributed by atoms with Gasteiger partial charge in [-0.15, -0.1) is 0 Å². The molecule has 5 heteroatoms. The summed E-state index contributed by atoms with van der Waals surface area (Å²) in [4.78, 5) is 5.81. The van der Waals surface area contributed by atoms with Gasteiger partial charge < -0.3 is 20.2 Å². The van der Waals surface area contributed by atoms with Crippen molar-refractivity contribution in [2.45, 2.75) is 6.29 Å². The van der Waals surface area contributed by atoms with Crippen LogP contribution in [0.5, 0.6) is 0 Å². The number of aromatic nitrogens is 2. The lowest BCUT2D eigenvalue weighted by molar-refractivity contribution is -0.0423. The Morgan fingerprint density at radius 3 is 2.54 bits per heavy atom. The van der Waals surface area contributed by atoms with E-state index in [1.54, 1.807) is 18.2 Å². The van der Waals surface area contributed by atoms with Crippen molar-refractivity contribution in [3.8, 4) is 0 Å². The lowest BCUT2D eigenvalue weighted by Crippen LogP contribution is -1.93. The summed E-state index contributed by atoms with van der Waals surface area (Å²) in [6.07, 6.45) is -1.44. The van der Waals surface area contributed by atoms with E-state index in [1.807, 2.05) is 0 Å². The lowest BCUT2D eigenvalue weighted by Gasteiger charge is -2.01. The molecule has 0 aliphatic carbocycles. The molecular weight excluding hydrogens is 188 g/mol. The van der Waals surface area contributed by atoms with E-state index in [2.05, 4.69) is 9.97 Å². The van der Waals surface area contributed by atoms with E-state index in [-0.39, 0.29) is 0 Å². The highest BCUT2D eigenvalue weighted by Crippen LogP contribution is 2.16. The fourth-order valence-electron chi connectivity index (χ4n) is 1.21.